The van der Waals surface area contributed by atoms with Gasteiger partial charge in [-0.05, 0) is 31.2 Å². The molecule has 1 aromatic rings. The molecule has 0 radical (unpaired) electrons. The Morgan fingerprint density at radius 2 is 2.28 bits per heavy atom. The van der Waals surface area contributed by atoms with Crippen LogP contribution in [0.4, 0.5) is 0 Å². The molecule has 1 saturated carbocycles. The van der Waals surface area contributed by atoms with Gasteiger partial charge in [0.15, 0.2) is 0 Å². The Hall–Kier alpha value is -0.900. The molecule has 0 spiro atoms. The summed E-state index contributed by atoms with van der Waals surface area (Å²) < 4.78 is 2.09. The summed E-state index contributed by atoms with van der Waals surface area (Å²) in [5.41, 5.74) is 0. The van der Waals surface area contributed by atoms with Crippen molar-refractivity contribution >= 4 is 0 Å². The van der Waals surface area contributed by atoms with Crippen molar-refractivity contribution in [2.45, 2.75) is 59.0 Å². The maximum atomic E-state index is 4.45. The Morgan fingerprint density at radius 3 is 3.00 bits per heavy atom. The van der Waals surface area contributed by atoms with E-state index in [-0.39, 0.29) is 0 Å². The fourth-order valence-corrected chi connectivity index (χ4v) is 2.99. The lowest BCUT2D eigenvalue weighted by Gasteiger charge is -2.20. The molecule has 0 aliphatic heterocycles. The SMILES string of the molecule is CCNC1CCCC1Cc1ncnn1CC(C)C. The number of hydrogen-bond acceptors (Lipinski definition) is 3. The van der Waals surface area contributed by atoms with E-state index in [1.54, 1.807) is 6.33 Å². The molecular weight excluding hydrogens is 224 g/mol. The van der Waals surface area contributed by atoms with E-state index in [2.05, 4.69) is 40.9 Å². The largest absolute Gasteiger partial charge is 0.314 e. The minimum Gasteiger partial charge on any atom is -0.314 e. The molecule has 0 bridgehead atoms. The van der Waals surface area contributed by atoms with Crippen molar-refractivity contribution in [3.05, 3.63) is 12.2 Å². The van der Waals surface area contributed by atoms with Gasteiger partial charge in [-0.3, -0.25) is 0 Å². The molecule has 0 amide bonds. The maximum Gasteiger partial charge on any atom is 0.138 e. The van der Waals surface area contributed by atoms with Gasteiger partial charge in [-0.25, -0.2) is 9.67 Å². The summed E-state index contributed by atoms with van der Waals surface area (Å²) in [7, 11) is 0. The van der Waals surface area contributed by atoms with Gasteiger partial charge in [0.1, 0.15) is 12.2 Å². The van der Waals surface area contributed by atoms with E-state index in [4.69, 9.17) is 0 Å². The summed E-state index contributed by atoms with van der Waals surface area (Å²) in [5, 5.41) is 7.96. The fraction of sp³-hybridized carbons (Fsp3) is 0.857. The molecule has 2 unspecified atom stereocenters. The highest BCUT2D eigenvalue weighted by Crippen LogP contribution is 2.28. The number of aromatic nitrogens is 3. The van der Waals surface area contributed by atoms with Crippen LogP contribution in [0.1, 0.15) is 45.9 Å². The lowest BCUT2D eigenvalue weighted by molar-refractivity contribution is 0.382. The highest BCUT2D eigenvalue weighted by Gasteiger charge is 2.27. The predicted molar refractivity (Wildman–Crippen MR) is 73.4 cm³/mol. The molecule has 4 heteroatoms. The molecule has 18 heavy (non-hydrogen) atoms. The van der Waals surface area contributed by atoms with Crippen LogP contribution >= 0.6 is 0 Å². The minimum absolute atomic E-state index is 0.624. The van der Waals surface area contributed by atoms with E-state index >= 15 is 0 Å². The molecule has 1 aliphatic carbocycles. The van der Waals surface area contributed by atoms with Crippen molar-refractivity contribution < 1.29 is 0 Å². The van der Waals surface area contributed by atoms with Gasteiger partial charge in [0.25, 0.3) is 0 Å². The van der Waals surface area contributed by atoms with E-state index in [1.165, 1.54) is 25.1 Å². The summed E-state index contributed by atoms with van der Waals surface area (Å²) in [6, 6.07) is 0.680. The molecule has 1 heterocycles. The van der Waals surface area contributed by atoms with Gasteiger partial charge < -0.3 is 5.32 Å². The van der Waals surface area contributed by atoms with Crippen molar-refractivity contribution in [2.75, 3.05) is 6.54 Å². The van der Waals surface area contributed by atoms with Gasteiger partial charge in [0.2, 0.25) is 0 Å². The molecule has 2 rings (SSSR count). The lowest BCUT2D eigenvalue weighted by atomic mass is 9.99. The first-order valence-electron chi connectivity index (χ1n) is 7.30. The third kappa shape index (κ3) is 3.31. The molecular formula is C14H26N4. The smallest absolute Gasteiger partial charge is 0.138 e. The normalized spacial score (nSPS) is 24.0. The number of nitrogens with zero attached hydrogens (tertiary/aromatic N) is 3. The summed E-state index contributed by atoms with van der Waals surface area (Å²) in [5.74, 6) is 2.53. The second-order valence-corrected chi connectivity index (χ2v) is 5.81. The first kappa shape index (κ1) is 13.5. The molecule has 0 aromatic carbocycles. The molecule has 102 valence electrons. The molecule has 0 saturated heterocycles. The van der Waals surface area contributed by atoms with Crippen molar-refractivity contribution in [3.63, 3.8) is 0 Å². The lowest BCUT2D eigenvalue weighted by Crippen LogP contribution is -2.33. The Morgan fingerprint density at radius 1 is 1.44 bits per heavy atom. The zero-order chi connectivity index (χ0) is 13.0. The van der Waals surface area contributed by atoms with E-state index in [9.17, 15) is 0 Å². The van der Waals surface area contributed by atoms with E-state index in [0.717, 1.165) is 25.4 Å². The highest BCUT2D eigenvalue weighted by atomic mass is 15.3. The highest BCUT2D eigenvalue weighted by molar-refractivity contribution is 4.93. The molecule has 1 fully saturated rings. The first-order chi connectivity index (χ1) is 8.70. The Kier molecular flexibility index (Phi) is 4.75. The summed E-state index contributed by atoms with van der Waals surface area (Å²) in [6.07, 6.45) is 6.77. The standard InChI is InChI=1S/C14H26N4/c1-4-15-13-7-5-6-12(13)8-14-16-10-17-18(14)9-11(2)3/h10-13,15H,4-9H2,1-3H3. The third-order valence-electron chi connectivity index (χ3n) is 3.80. The third-order valence-corrected chi connectivity index (χ3v) is 3.80. The van der Waals surface area contributed by atoms with Crippen LogP contribution in [0.15, 0.2) is 6.33 Å². The van der Waals surface area contributed by atoms with Gasteiger partial charge in [-0.1, -0.05) is 27.2 Å². The summed E-state index contributed by atoms with van der Waals surface area (Å²) >= 11 is 0. The van der Waals surface area contributed by atoms with Crippen molar-refractivity contribution in [1.82, 2.24) is 20.1 Å². The van der Waals surface area contributed by atoms with E-state index in [0.29, 0.717) is 12.0 Å². The van der Waals surface area contributed by atoms with Crippen molar-refractivity contribution in [2.24, 2.45) is 11.8 Å². The zero-order valence-electron chi connectivity index (χ0n) is 11.9. The number of rotatable bonds is 6. The Labute approximate surface area is 110 Å². The number of nitrogens with one attached hydrogen (secondary N) is 1. The second kappa shape index (κ2) is 6.32. The minimum atomic E-state index is 0.624. The molecule has 1 aliphatic rings. The van der Waals surface area contributed by atoms with Gasteiger partial charge in [-0.2, -0.15) is 5.10 Å². The van der Waals surface area contributed by atoms with Crippen LogP contribution in [0.5, 0.6) is 0 Å². The van der Waals surface area contributed by atoms with Crippen molar-refractivity contribution in [3.8, 4) is 0 Å². The summed E-state index contributed by atoms with van der Waals surface area (Å²) in [4.78, 5) is 4.45. The van der Waals surface area contributed by atoms with Crippen LogP contribution in [-0.4, -0.2) is 27.4 Å². The first-order valence-corrected chi connectivity index (χ1v) is 7.30. The van der Waals surface area contributed by atoms with Crippen LogP contribution in [0.3, 0.4) is 0 Å². The quantitative estimate of drug-likeness (QED) is 0.842. The van der Waals surface area contributed by atoms with Gasteiger partial charge >= 0.3 is 0 Å². The van der Waals surface area contributed by atoms with Crippen LogP contribution < -0.4 is 5.32 Å². The fourth-order valence-electron chi connectivity index (χ4n) is 2.99. The topological polar surface area (TPSA) is 42.7 Å². The number of hydrogen-bond donors (Lipinski definition) is 1. The van der Waals surface area contributed by atoms with Gasteiger partial charge in [0.05, 0.1) is 0 Å². The molecule has 2 atom stereocenters. The van der Waals surface area contributed by atoms with Gasteiger partial charge in [0, 0.05) is 19.0 Å². The van der Waals surface area contributed by atoms with Crippen LogP contribution in [0.25, 0.3) is 0 Å². The van der Waals surface area contributed by atoms with Crippen LogP contribution in [-0.2, 0) is 13.0 Å². The average Bonchev–Trinajstić information content (AvgIpc) is 2.91. The average molecular weight is 250 g/mol. The molecule has 1 N–H and O–H groups in total. The van der Waals surface area contributed by atoms with Crippen LogP contribution in [0.2, 0.25) is 0 Å². The Bertz CT molecular complexity index is 358. The maximum absolute atomic E-state index is 4.45. The summed E-state index contributed by atoms with van der Waals surface area (Å²) in [6.45, 7) is 8.69. The predicted octanol–water partition coefficient (Wildman–Crippen LogP) is 2.25. The van der Waals surface area contributed by atoms with E-state index < -0.39 is 0 Å². The monoisotopic (exact) mass is 250 g/mol. The zero-order valence-corrected chi connectivity index (χ0v) is 11.9. The van der Waals surface area contributed by atoms with Gasteiger partial charge in [-0.15, -0.1) is 0 Å². The molecule has 1 aromatic heterocycles. The van der Waals surface area contributed by atoms with Crippen molar-refractivity contribution in [1.29, 1.82) is 0 Å². The van der Waals surface area contributed by atoms with Crippen LogP contribution in [0, 0.1) is 11.8 Å². The molecule has 4 nitrogen and oxygen atoms in total. The second-order valence-electron chi connectivity index (χ2n) is 5.81. The van der Waals surface area contributed by atoms with E-state index in [1.807, 2.05) is 0 Å². The Balaban J connectivity index is 1.98.